The molecule has 100 valence electrons. The van der Waals surface area contributed by atoms with Gasteiger partial charge in [0.2, 0.25) is 5.91 Å². The zero-order valence-electron chi connectivity index (χ0n) is 10.7. The Labute approximate surface area is 105 Å². The number of methoxy groups -OCH3 is 1. The van der Waals surface area contributed by atoms with Crippen LogP contribution in [-0.4, -0.2) is 35.7 Å². The number of carbonyl (C=O) groups excluding carboxylic acids is 1. The molecule has 1 heterocycles. The Hall–Kier alpha value is -1.82. The van der Waals surface area contributed by atoms with Crippen molar-refractivity contribution in [3.63, 3.8) is 0 Å². The molecule has 1 aromatic rings. The number of carbonyl (C=O) groups is 2. The van der Waals surface area contributed by atoms with Gasteiger partial charge < -0.3 is 20.1 Å². The van der Waals surface area contributed by atoms with Crippen molar-refractivity contribution >= 4 is 17.6 Å². The molecule has 18 heavy (non-hydrogen) atoms. The number of hydrogen-bond acceptors (Lipinski definition) is 3. The summed E-state index contributed by atoms with van der Waals surface area (Å²) in [5, 5.41) is 11.6. The first-order valence-corrected chi connectivity index (χ1v) is 5.65. The normalized spacial score (nSPS) is 12.2. The number of anilines is 1. The van der Waals surface area contributed by atoms with Gasteiger partial charge in [0.05, 0.1) is 5.69 Å². The molecule has 0 saturated carbocycles. The fourth-order valence-electron chi connectivity index (χ4n) is 1.76. The van der Waals surface area contributed by atoms with Crippen LogP contribution in [0.4, 0.5) is 5.69 Å². The molecule has 6 heteroatoms. The second kappa shape index (κ2) is 6.20. The van der Waals surface area contributed by atoms with Gasteiger partial charge in [-0.3, -0.25) is 4.79 Å². The minimum Gasteiger partial charge on any atom is -0.478 e. The molecule has 1 atom stereocenters. The van der Waals surface area contributed by atoms with Crippen LogP contribution in [0.5, 0.6) is 0 Å². The van der Waals surface area contributed by atoms with E-state index in [1.165, 1.54) is 6.20 Å². The van der Waals surface area contributed by atoms with Crippen LogP contribution >= 0.6 is 0 Å². The summed E-state index contributed by atoms with van der Waals surface area (Å²) in [4.78, 5) is 25.5. The number of H-pyrrole nitrogens is 1. The van der Waals surface area contributed by atoms with E-state index in [2.05, 4.69) is 10.3 Å². The van der Waals surface area contributed by atoms with Gasteiger partial charge in [0.15, 0.2) is 0 Å². The van der Waals surface area contributed by atoms with E-state index < -0.39 is 5.97 Å². The number of amides is 1. The molecule has 1 unspecified atom stereocenters. The third-order valence-electron chi connectivity index (χ3n) is 2.55. The van der Waals surface area contributed by atoms with Gasteiger partial charge in [-0.2, -0.15) is 0 Å². The number of rotatable bonds is 6. The Bertz CT molecular complexity index is 439. The Morgan fingerprint density at radius 1 is 1.56 bits per heavy atom. The lowest BCUT2D eigenvalue weighted by molar-refractivity contribution is -0.117. The van der Waals surface area contributed by atoms with Gasteiger partial charge in [-0.15, -0.1) is 0 Å². The minimum absolute atomic E-state index is 0.0864. The molecule has 0 fully saturated rings. The summed E-state index contributed by atoms with van der Waals surface area (Å²) in [7, 11) is 1.58. The highest BCUT2D eigenvalue weighted by molar-refractivity contribution is 6.01. The van der Waals surface area contributed by atoms with E-state index in [9.17, 15) is 9.59 Å². The number of aromatic nitrogens is 1. The van der Waals surface area contributed by atoms with Crippen LogP contribution in [-0.2, 0) is 9.53 Å². The quantitative estimate of drug-likeness (QED) is 0.719. The average Bonchev–Trinajstić information content (AvgIpc) is 2.59. The molecule has 0 aliphatic heterocycles. The van der Waals surface area contributed by atoms with Crippen LogP contribution in [0.25, 0.3) is 0 Å². The molecule has 6 nitrogen and oxygen atoms in total. The predicted octanol–water partition coefficient (Wildman–Crippen LogP) is 1.63. The molecular weight excluding hydrogens is 236 g/mol. The van der Waals surface area contributed by atoms with Crippen LogP contribution in [0.1, 0.15) is 29.4 Å². The monoisotopic (exact) mass is 254 g/mol. The summed E-state index contributed by atoms with van der Waals surface area (Å²) in [5.41, 5.74) is 0.917. The smallest absolute Gasteiger partial charge is 0.339 e. The zero-order valence-corrected chi connectivity index (χ0v) is 10.7. The van der Waals surface area contributed by atoms with Gasteiger partial charge >= 0.3 is 5.97 Å². The van der Waals surface area contributed by atoms with Crippen molar-refractivity contribution in [3.8, 4) is 0 Å². The summed E-state index contributed by atoms with van der Waals surface area (Å²) in [6.45, 7) is 4.03. The number of aromatic amines is 1. The molecule has 3 N–H and O–H groups in total. The number of ether oxygens (including phenoxy) is 1. The summed E-state index contributed by atoms with van der Waals surface area (Å²) >= 11 is 0. The fraction of sp³-hybridized carbons (Fsp3) is 0.500. The number of carboxylic acids is 1. The maximum absolute atomic E-state index is 11.7. The van der Waals surface area contributed by atoms with E-state index in [-0.39, 0.29) is 23.8 Å². The standard InChI is InChI=1S/C12H18N2O4/c1-7(6-18-3)4-10(15)14-9-5-13-8(2)11(9)12(16)17/h5,7,13H,4,6H2,1-3H3,(H,14,15)(H,16,17). The summed E-state index contributed by atoms with van der Waals surface area (Å²) < 4.78 is 4.94. The molecule has 1 aromatic heterocycles. The number of carboxylic acid groups (broad SMARTS) is 1. The van der Waals surface area contributed by atoms with Crippen molar-refractivity contribution in [3.05, 3.63) is 17.5 Å². The number of aromatic carboxylic acids is 1. The van der Waals surface area contributed by atoms with Crippen molar-refractivity contribution in [2.45, 2.75) is 20.3 Å². The molecule has 0 aliphatic rings. The van der Waals surface area contributed by atoms with Gasteiger partial charge in [0.25, 0.3) is 0 Å². The highest BCUT2D eigenvalue weighted by Crippen LogP contribution is 2.19. The molecule has 0 spiro atoms. The van der Waals surface area contributed by atoms with E-state index >= 15 is 0 Å². The molecule has 0 saturated heterocycles. The highest BCUT2D eigenvalue weighted by Gasteiger charge is 2.17. The van der Waals surface area contributed by atoms with E-state index in [0.29, 0.717) is 18.0 Å². The Morgan fingerprint density at radius 2 is 2.22 bits per heavy atom. The van der Waals surface area contributed by atoms with Crippen molar-refractivity contribution in [1.82, 2.24) is 4.98 Å². The van der Waals surface area contributed by atoms with Gasteiger partial charge in [0.1, 0.15) is 5.56 Å². The van der Waals surface area contributed by atoms with Crippen LogP contribution in [0.2, 0.25) is 0 Å². The second-order valence-electron chi connectivity index (χ2n) is 4.32. The minimum atomic E-state index is -1.06. The first kappa shape index (κ1) is 14.2. The largest absolute Gasteiger partial charge is 0.478 e. The first-order valence-electron chi connectivity index (χ1n) is 5.65. The lowest BCUT2D eigenvalue weighted by Crippen LogP contribution is -2.18. The third kappa shape index (κ3) is 3.59. The van der Waals surface area contributed by atoms with Gasteiger partial charge in [-0.05, 0) is 12.8 Å². The van der Waals surface area contributed by atoms with Gasteiger partial charge in [0, 0.05) is 32.0 Å². The molecular formula is C12H18N2O4. The maximum Gasteiger partial charge on any atom is 0.339 e. The van der Waals surface area contributed by atoms with Crippen LogP contribution < -0.4 is 5.32 Å². The Morgan fingerprint density at radius 3 is 2.78 bits per heavy atom. The van der Waals surface area contributed by atoms with E-state index in [0.717, 1.165) is 0 Å². The van der Waals surface area contributed by atoms with Crippen molar-refractivity contribution in [2.24, 2.45) is 5.92 Å². The lowest BCUT2D eigenvalue weighted by Gasteiger charge is -2.10. The van der Waals surface area contributed by atoms with Gasteiger partial charge in [-0.1, -0.05) is 6.92 Å². The molecule has 0 radical (unpaired) electrons. The SMILES string of the molecule is COCC(C)CC(=O)Nc1c[nH]c(C)c1C(=O)O. The summed E-state index contributed by atoms with van der Waals surface area (Å²) in [5.74, 6) is -1.20. The third-order valence-corrected chi connectivity index (χ3v) is 2.55. The van der Waals surface area contributed by atoms with Gasteiger partial charge in [-0.25, -0.2) is 4.79 Å². The zero-order chi connectivity index (χ0) is 13.7. The van der Waals surface area contributed by atoms with Crippen LogP contribution in [0.15, 0.2) is 6.20 Å². The molecule has 1 rings (SSSR count). The second-order valence-corrected chi connectivity index (χ2v) is 4.32. The van der Waals surface area contributed by atoms with E-state index in [4.69, 9.17) is 9.84 Å². The van der Waals surface area contributed by atoms with Crippen LogP contribution in [0.3, 0.4) is 0 Å². The lowest BCUT2D eigenvalue weighted by atomic mass is 10.1. The summed E-state index contributed by atoms with van der Waals surface area (Å²) in [6, 6.07) is 0. The first-order chi connectivity index (χ1) is 8.45. The predicted molar refractivity (Wildman–Crippen MR) is 66.8 cm³/mol. The topological polar surface area (TPSA) is 91.4 Å². The molecule has 0 aliphatic carbocycles. The maximum atomic E-state index is 11.7. The van der Waals surface area contributed by atoms with E-state index in [1.807, 2.05) is 6.92 Å². The van der Waals surface area contributed by atoms with Crippen molar-refractivity contribution in [1.29, 1.82) is 0 Å². The Kier molecular flexibility index (Phi) is 4.91. The number of hydrogen-bond donors (Lipinski definition) is 3. The fourth-order valence-corrected chi connectivity index (χ4v) is 1.76. The summed E-state index contributed by atoms with van der Waals surface area (Å²) in [6.07, 6.45) is 1.77. The van der Waals surface area contributed by atoms with Crippen molar-refractivity contribution in [2.75, 3.05) is 19.0 Å². The van der Waals surface area contributed by atoms with Crippen LogP contribution in [0, 0.1) is 12.8 Å². The highest BCUT2D eigenvalue weighted by atomic mass is 16.5. The van der Waals surface area contributed by atoms with E-state index in [1.54, 1.807) is 14.0 Å². The molecule has 1 amide bonds. The number of nitrogens with one attached hydrogen (secondary N) is 2. The molecule has 0 bridgehead atoms. The molecule has 0 aromatic carbocycles. The average molecular weight is 254 g/mol. The van der Waals surface area contributed by atoms with Crippen molar-refractivity contribution < 1.29 is 19.4 Å². The number of aryl methyl sites for hydroxylation is 1. The Balaban J connectivity index is 2.68.